The van der Waals surface area contributed by atoms with Crippen molar-refractivity contribution in [2.45, 2.75) is 32.9 Å². The van der Waals surface area contributed by atoms with Crippen LogP contribution < -0.4 is 0 Å². The molecule has 3 nitrogen and oxygen atoms in total. The molecular formula is C14H15N3. The summed E-state index contributed by atoms with van der Waals surface area (Å²) in [4.78, 5) is 12.6. The van der Waals surface area contributed by atoms with Crippen molar-refractivity contribution in [1.29, 1.82) is 0 Å². The van der Waals surface area contributed by atoms with Crippen LogP contribution in [0, 0.1) is 11.8 Å². The average molecular weight is 225 g/mol. The van der Waals surface area contributed by atoms with Crippen molar-refractivity contribution in [2.75, 3.05) is 0 Å². The van der Waals surface area contributed by atoms with E-state index in [1.807, 2.05) is 19.1 Å². The van der Waals surface area contributed by atoms with Crippen LogP contribution in [0.5, 0.6) is 0 Å². The lowest BCUT2D eigenvalue weighted by Crippen LogP contribution is -1.93. The van der Waals surface area contributed by atoms with Crippen molar-refractivity contribution in [3.8, 4) is 11.8 Å². The van der Waals surface area contributed by atoms with Crippen molar-refractivity contribution in [3.63, 3.8) is 0 Å². The normalized spacial score (nSPS) is 17.9. The van der Waals surface area contributed by atoms with Crippen LogP contribution in [0.25, 0.3) is 0 Å². The molecule has 3 heteroatoms. The second kappa shape index (κ2) is 4.92. The van der Waals surface area contributed by atoms with Crippen LogP contribution in [0.15, 0.2) is 28.3 Å². The highest BCUT2D eigenvalue weighted by Gasteiger charge is 2.03. The Labute approximate surface area is 102 Å². The van der Waals surface area contributed by atoms with E-state index in [4.69, 9.17) is 0 Å². The molecule has 1 aliphatic rings. The predicted molar refractivity (Wildman–Crippen MR) is 70.6 cm³/mol. The van der Waals surface area contributed by atoms with Crippen LogP contribution >= 0.6 is 0 Å². The van der Waals surface area contributed by atoms with E-state index in [2.05, 4.69) is 40.7 Å². The summed E-state index contributed by atoms with van der Waals surface area (Å²) in [6, 6.07) is 4.04. The van der Waals surface area contributed by atoms with Crippen molar-refractivity contribution in [1.82, 2.24) is 4.98 Å². The minimum Gasteiger partial charge on any atom is -0.264 e. The highest BCUT2D eigenvalue weighted by molar-refractivity contribution is 6.39. The third kappa shape index (κ3) is 3.01. The molecule has 0 saturated heterocycles. The Bertz CT molecular complexity index is 530. The predicted octanol–water partition coefficient (Wildman–Crippen LogP) is 2.43. The highest BCUT2D eigenvalue weighted by Crippen LogP contribution is 2.13. The van der Waals surface area contributed by atoms with Gasteiger partial charge in [-0.1, -0.05) is 13.8 Å². The van der Waals surface area contributed by atoms with Crippen LogP contribution in [0.3, 0.4) is 0 Å². The molecule has 2 heterocycles. The topological polar surface area (TPSA) is 37.6 Å². The molecule has 1 unspecified atom stereocenters. The first-order valence-electron chi connectivity index (χ1n) is 5.74. The van der Waals surface area contributed by atoms with Gasteiger partial charge in [-0.15, -0.1) is 0 Å². The van der Waals surface area contributed by atoms with Gasteiger partial charge >= 0.3 is 0 Å². The summed E-state index contributed by atoms with van der Waals surface area (Å²) in [5, 5.41) is 0. The maximum Gasteiger partial charge on any atom is 0.138 e. The summed E-state index contributed by atoms with van der Waals surface area (Å²) in [5.41, 5.74) is 2.76. The highest BCUT2D eigenvalue weighted by atomic mass is 15.0. The summed E-state index contributed by atoms with van der Waals surface area (Å²) in [7, 11) is 0. The molecule has 1 aromatic heterocycles. The van der Waals surface area contributed by atoms with Gasteiger partial charge in [0.05, 0.1) is 6.21 Å². The third-order valence-corrected chi connectivity index (χ3v) is 2.51. The van der Waals surface area contributed by atoms with Gasteiger partial charge in [0.15, 0.2) is 0 Å². The number of rotatable bonds is 1. The van der Waals surface area contributed by atoms with Gasteiger partial charge in [0.1, 0.15) is 17.6 Å². The van der Waals surface area contributed by atoms with E-state index in [0.29, 0.717) is 5.92 Å². The molecular weight excluding hydrogens is 210 g/mol. The minimum atomic E-state index is 0.00857. The van der Waals surface area contributed by atoms with Gasteiger partial charge in [-0.2, -0.15) is 0 Å². The van der Waals surface area contributed by atoms with Gasteiger partial charge < -0.3 is 0 Å². The van der Waals surface area contributed by atoms with Gasteiger partial charge in [0.2, 0.25) is 0 Å². The smallest absolute Gasteiger partial charge is 0.138 e. The van der Waals surface area contributed by atoms with Gasteiger partial charge in [0.25, 0.3) is 0 Å². The molecule has 1 aromatic rings. The Morgan fingerprint density at radius 1 is 1.29 bits per heavy atom. The monoisotopic (exact) mass is 225 g/mol. The molecule has 0 fully saturated rings. The third-order valence-electron chi connectivity index (χ3n) is 2.51. The van der Waals surface area contributed by atoms with E-state index in [9.17, 15) is 0 Å². The molecule has 0 bridgehead atoms. The van der Waals surface area contributed by atoms with Gasteiger partial charge in [0, 0.05) is 6.20 Å². The molecule has 86 valence electrons. The molecule has 0 radical (unpaired) electrons. The van der Waals surface area contributed by atoms with E-state index in [1.165, 1.54) is 5.56 Å². The number of aliphatic imine (C=N–C) groups is 2. The molecule has 1 aliphatic heterocycles. The summed E-state index contributed by atoms with van der Waals surface area (Å²) >= 11 is 0. The van der Waals surface area contributed by atoms with Crippen LogP contribution in [-0.4, -0.2) is 23.1 Å². The minimum absolute atomic E-state index is 0.00857. The molecule has 1 atom stereocenters. The molecule has 0 aliphatic carbocycles. The summed E-state index contributed by atoms with van der Waals surface area (Å²) < 4.78 is 0. The fourth-order valence-electron chi connectivity index (χ4n) is 1.51. The van der Waals surface area contributed by atoms with Crippen LogP contribution in [0.4, 0.5) is 0 Å². The summed E-state index contributed by atoms with van der Waals surface area (Å²) in [5.74, 6) is 6.49. The number of pyridine rings is 1. The standard InChI is InChI=1S/C14H15N3/c1-10(2)12-6-7-15-13(8-12)4-5-14-9-16-11(3)17-14/h6-11H,1-3H3. The Kier molecular flexibility index (Phi) is 3.34. The fourth-order valence-corrected chi connectivity index (χ4v) is 1.51. The molecule has 2 rings (SSSR count). The number of aromatic nitrogens is 1. The second-order valence-corrected chi connectivity index (χ2v) is 4.30. The first kappa shape index (κ1) is 11.5. The van der Waals surface area contributed by atoms with E-state index in [0.717, 1.165) is 11.4 Å². The molecule has 0 N–H and O–H groups in total. The maximum absolute atomic E-state index is 4.25. The van der Waals surface area contributed by atoms with Crippen molar-refractivity contribution < 1.29 is 0 Å². The van der Waals surface area contributed by atoms with Crippen LogP contribution in [0.2, 0.25) is 0 Å². The first-order chi connectivity index (χ1) is 8.15. The lowest BCUT2D eigenvalue weighted by atomic mass is 10.0. The molecule has 0 saturated carbocycles. The van der Waals surface area contributed by atoms with E-state index in [-0.39, 0.29) is 6.17 Å². The van der Waals surface area contributed by atoms with Crippen molar-refractivity contribution in [3.05, 3.63) is 29.6 Å². The zero-order valence-electron chi connectivity index (χ0n) is 10.3. The Hall–Kier alpha value is -1.95. The maximum atomic E-state index is 4.25. The average Bonchev–Trinajstić information content (AvgIpc) is 2.73. The first-order valence-corrected chi connectivity index (χ1v) is 5.74. The van der Waals surface area contributed by atoms with E-state index >= 15 is 0 Å². The quantitative estimate of drug-likeness (QED) is 0.676. The van der Waals surface area contributed by atoms with E-state index in [1.54, 1.807) is 12.4 Å². The second-order valence-electron chi connectivity index (χ2n) is 4.30. The Morgan fingerprint density at radius 3 is 2.76 bits per heavy atom. The summed E-state index contributed by atoms with van der Waals surface area (Å²) in [6.07, 6.45) is 3.52. The largest absolute Gasteiger partial charge is 0.264 e. The van der Waals surface area contributed by atoms with Gasteiger partial charge in [-0.25, -0.2) is 9.98 Å². The fraction of sp³-hybridized carbons (Fsp3) is 0.357. The number of nitrogens with zero attached hydrogens (tertiary/aromatic N) is 3. The van der Waals surface area contributed by atoms with Crippen molar-refractivity contribution in [2.24, 2.45) is 9.98 Å². The van der Waals surface area contributed by atoms with Crippen molar-refractivity contribution >= 4 is 11.9 Å². The van der Waals surface area contributed by atoms with Gasteiger partial charge in [-0.05, 0) is 42.4 Å². The van der Waals surface area contributed by atoms with E-state index < -0.39 is 0 Å². The zero-order valence-corrected chi connectivity index (χ0v) is 10.3. The number of hydrogen-bond donors (Lipinski definition) is 0. The van der Waals surface area contributed by atoms with Crippen LogP contribution in [0.1, 0.15) is 37.9 Å². The molecule has 17 heavy (non-hydrogen) atoms. The SMILES string of the molecule is CC1N=CC(C#Cc2cc(C(C)C)ccn2)=N1. The van der Waals surface area contributed by atoms with Crippen LogP contribution in [-0.2, 0) is 0 Å². The Morgan fingerprint density at radius 2 is 2.12 bits per heavy atom. The molecule has 0 spiro atoms. The molecule has 0 amide bonds. The Balaban J connectivity index is 2.20. The lowest BCUT2D eigenvalue weighted by Gasteiger charge is -2.03. The molecule has 0 aromatic carbocycles. The lowest BCUT2D eigenvalue weighted by molar-refractivity contribution is 0.817. The number of hydrogen-bond acceptors (Lipinski definition) is 3. The summed E-state index contributed by atoms with van der Waals surface area (Å²) in [6.45, 7) is 6.24. The van der Waals surface area contributed by atoms with Gasteiger partial charge in [-0.3, -0.25) is 4.99 Å². The zero-order chi connectivity index (χ0) is 12.3.